The Hall–Kier alpha value is -3.62. The molecule has 1 aromatic heterocycles. The minimum absolute atomic E-state index is 0.158. The van der Waals surface area contributed by atoms with Crippen LogP contribution < -0.4 is 10.2 Å². The average Bonchev–Trinajstić information content (AvgIpc) is 3.24. The summed E-state index contributed by atoms with van der Waals surface area (Å²) in [6.45, 7) is 3.75. The number of aromatic amines is 1. The normalized spacial score (nSPS) is 13.2. The van der Waals surface area contributed by atoms with E-state index in [4.69, 9.17) is 9.47 Å². The van der Waals surface area contributed by atoms with E-state index in [-0.39, 0.29) is 23.5 Å². The van der Waals surface area contributed by atoms with Gasteiger partial charge >= 0.3 is 12.1 Å². The van der Waals surface area contributed by atoms with Gasteiger partial charge in [-0.2, -0.15) is 0 Å². The third-order valence-corrected chi connectivity index (χ3v) is 4.61. The van der Waals surface area contributed by atoms with E-state index in [0.717, 1.165) is 0 Å². The lowest BCUT2D eigenvalue weighted by Crippen LogP contribution is -2.23. The predicted octanol–water partition coefficient (Wildman–Crippen LogP) is 2.45. The Kier molecular flexibility index (Phi) is 5.67. The molecule has 0 bridgehead atoms. The van der Waals surface area contributed by atoms with Crippen LogP contribution >= 0.6 is 0 Å². The van der Waals surface area contributed by atoms with Gasteiger partial charge in [-0.1, -0.05) is 6.07 Å². The van der Waals surface area contributed by atoms with Crippen LogP contribution in [0, 0.1) is 6.92 Å². The van der Waals surface area contributed by atoms with Crippen molar-refractivity contribution in [3.8, 4) is 0 Å². The van der Waals surface area contributed by atoms with Crippen molar-refractivity contribution in [3.63, 3.8) is 0 Å². The summed E-state index contributed by atoms with van der Waals surface area (Å²) in [5, 5.41) is 2.74. The number of aromatic nitrogens is 1. The molecule has 0 saturated carbocycles. The molecule has 3 rings (SSSR count). The Morgan fingerprint density at radius 3 is 2.69 bits per heavy atom. The average molecular weight is 399 g/mol. The number of nitrogens with zero attached hydrogens (tertiary/aromatic N) is 1. The van der Waals surface area contributed by atoms with Crippen LogP contribution in [0.25, 0.3) is 0 Å². The van der Waals surface area contributed by atoms with Crippen LogP contribution in [0.4, 0.5) is 16.2 Å². The van der Waals surface area contributed by atoms with E-state index in [1.165, 1.54) is 18.9 Å². The number of esters is 1. The highest BCUT2D eigenvalue weighted by atomic mass is 16.6. The SMILES string of the molecule is COC(=O)c1c(CC(=O)Nc2cccc(N3CCOC3=O)c2)[nH]c(C(C)=O)c1C. The lowest BCUT2D eigenvalue weighted by molar-refractivity contribution is -0.115. The van der Waals surface area contributed by atoms with Gasteiger partial charge in [-0.3, -0.25) is 14.5 Å². The quantitative estimate of drug-likeness (QED) is 0.569. The second kappa shape index (κ2) is 8.17. The predicted molar refractivity (Wildman–Crippen MR) is 104 cm³/mol. The zero-order chi connectivity index (χ0) is 21.1. The summed E-state index contributed by atoms with van der Waals surface area (Å²) in [7, 11) is 1.24. The number of ether oxygens (including phenoxy) is 2. The second-order valence-corrected chi connectivity index (χ2v) is 6.57. The van der Waals surface area contributed by atoms with Gasteiger partial charge in [-0.15, -0.1) is 0 Å². The molecule has 0 radical (unpaired) electrons. The molecule has 1 fully saturated rings. The van der Waals surface area contributed by atoms with E-state index >= 15 is 0 Å². The van der Waals surface area contributed by atoms with Crippen molar-refractivity contribution in [2.45, 2.75) is 20.3 Å². The van der Waals surface area contributed by atoms with Gasteiger partial charge in [0.2, 0.25) is 5.91 Å². The van der Waals surface area contributed by atoms with Gasteiger partial charge in [0.15, 0.2) is 5.78 Å². The molecule has 0 unspecified atom stereocenters. The zero-order valence-corrected chi connectivity index (χ0v) is 16.3. The first-order valence-corrected chi connectivity index (χ1v) is 8.96. The highest BCUT2D eigenvalue weighted by molar-refractivity contribution is 6.02. The van der Waals surface area contributed by atoms with E-state index in [9.17, 15) is 19.2 Å². The number of rotatable bonds is 6. The van der Waals surface area contributed by atoms with Crippen LogP contribution in [0.3, 0.4) is 0 Å². The fourth-order valence-corrected chi connectivity index (χ4v) is 3.27. The first-order valence-electron chi connectivity index (χ1n) is 8.96. The van der Waals surface area contributed by atoms with Crippen LogP contribution in [0.2, 0.25) is 0 Å². The third kappa shape index (κ3) is 4.13. The molecule has 0 spiro atoms. The van der Waals surface area contributed by atoms with E-state index in [2.05, 4.69) is 10.3 Å². The number of anilines is 2. The fourth-order valence-electron chi connectivity index (χ4n) is 3.27. The van der Waals surface area contributed by atoms with E-state index in [0.29, 0.717) is 35.8 Å². The maximum atomic E-state index is 12.6. The number of methoxy groups -OCH3 is 1. The highest BCUT2D eigenvalue weighted by Gasteiger charge is 2.25. The Morgan fingerprint density at radius 1 is 1.31 bits per heavy atom. The van der Waals surface area contributed by atoms with Crippen molar-refractivity contribution in [1.29, 1.82) is 0 Å². The molecule has 2 N–H and O–H groups in total. The molecule has 29 heavy (non-hydrogen) atoms. The molecule has 1 aliphatic rings. The molecule has 9 heteroatoms. The molecular formula is C20H21N3O6. The number of nitrogens with one attached hydrogen (secondary N) is 2. The first kappa shape index (κ1) is 20.1. The molecule has 0 atom stereocenters. The zero-order valence-electron chi connectivity index (χ0n) is 16.3. The largest absolute Gasteiger partial charge is 0.465 e. The number of ketones is 1. The first-order chi connectivity index (χ1) is 13.8. The third-order valence-electron chi connectivity index (χ3n) is 4.61. The van der Waals surface area contributed by atoms with Gasteiger partial charge in [-0.25, -0.2) is 9.59 Å². The van der Waals surface area contributed by atoms with Gasteiger partial charge in [0, 0.05) is 24.0 Å². The van der Waals surface area contributed by atoms with Crippen LogP contribution in [-0.4, -0.2) is 49.0 Å². The van der Waals surface area contributed by atoms with E-state index < -0.39 is 18.0 Å². The van der Waals surface area contributed by atoms with Gasteiger partial charge in [0.05, 0.1) is 31.3 Å². The van der Waals surface area contributed by atoms with E-state index in [1.54, 1.807) is 31.2 Å². The Labute approximate surface area is 167 Å². The summed E-state index contributed by atoms with van der Waals surface area (Å²) in [6, 6.07) is 6.80. The topological polar surface area (TPSA) is 118 Å². The number of hydrogen-bond acceptors (Lipinski definition) is 6. The van der Waals surface area contributed by atoms with Gasteiger partial charge < -0.3 is 19.8 Å². The Balaban J connectivity index is 1.79. The maximum absolute atomic E-state index is 12.6. The highest BCUT2D eigenvalue weighted by Crippen LogP contribution is 2.24. The molecule has 2 heterocycles. The number of carbonyl (C=O) groups excluding carboxylic acids is 4. The number of cyclic esters (lactones) is 1. The standard InChI is InChI=1S/C20H21N3O6/c1-11-17(19(26)28-3)15(22-18(11)12(2)24)10-16(25)21-13-5-4-6-14(9-13)23-7-8-29-20(23)27/h4-6,9,22H,7-8,10H2,1-3H3,(H,21,25). The van der Waals surface area contributed by atoms with Crippen LogP contribution in [0.15, 0.2) is 24.3 Å². The number of carbonyl (C=O) groups is 4. The minimum Gasteiger partial charge on any atom is -0.465 e. The lowest BCUT2D eigenvalue weighted by Gasteiger charge is -2.14. The van der Waals surface area contributed by atoms with Crippen molar-refractivity contribution in [3.05, 3.63) is 46.8 Å². The summed E-state index contributed by atoms with van der Waals surface area (Å²) in [5.74, 6) is -1.26. The number of H-pyrrole nitrogens is 1. The van der Waals surface area contributed by atoms with Crippen LogP contribution in [0.1, 0.15) is 39.0 Å². The van der Waals surface area contributed by atoms with Crippen molar-refractivity contribution >= 4 is 35.1 Å². The molecule has 2 amide bonds. The number of hydrogen-bond donors (Lipinski definition) is 2. The van der Waals surface area contributed by atoms with Gasteiger partial charge in [-0.05, 0) is 30.7 Å². The van der Waals surface area contributed by atoms with Gasteiger partial charge in [0.1, 0.15) is 6.61 Å². The molecule has 1 aliphatic heterocycles. The minimum atomic E-state index is -0.622. The summed E-state index contributed by atoms with van der Waals surface area (Å²) < 4.78 is 9.71. The van der Waals surface area contributed by atoms with E-state index in [1.807, 2.05) is 0 Å². The van der Waals surface area contributed by atoms with Crippen molar-refractivity contribution < 1.29 is 28.7 Å². The lowest BCUT2D eigenvalue weighted by atomic mass is 10.1. The van der Waals surface area contributed by atoms with Crippen molar-refractivity contribution in [2.75, 3.05) is 30.5 Å². The monoisotopic (exact) mass is 399 g/mol. The molecule has 1 aromatic carbocycles. The Bertz CT molecular complexity index is 994. The number of Topliss-reactive ketones (excluding diaryl/α,β-unsaturated/α-hetero) is 1. The maximum Gasteiger partial charge on any atom is 0.414 e. The molecular weight excluding hydrogens is 378 g/mol. The summed E-state index contributed by atoms with van der Waals surface area (Å²) >= 11 is 0. The molecule has 0 aliphatic carbocycles. The summed E-state index contributed by atoms with van der Waals surface area (Å²) in [6.07, 6.45) is -0.594. The fraction of sp³-hybridized carbons (Fsp3) is 0.300. The Morgan fingerprint density at radius 2 is 2.07 bits per heavy atom. The van der Waals surface area contributed by atoms with Crippen molar-refractivity contribution in [1.82, 2.24) is 4.98 Å². The smallest absolute Gasteiger partial charge is 0.414 e. The molecule has 152 valence electrons. The molecule has 9 nitrogen and oxygen atoms in total. The summed E-state index contributed by atoms with van der Waals surface area (Å²) in [5.41, 5.74) is 2.29. The van der Waals surface area contributed by atoms with Crippen LogP contribution in [0.5, 0.6) is 0 Å². The van der Waals surface area contributed by atoms with Crippen LogP contribution in [-0.2, 0) is 20.7 Å². The number of amides is 2. The second-order valence-electron chi connectivity index (χ2n) is 6.57. The number of benzene rings is 1. The van der Waals surface area contributed by atoms with Gasteiger partial charge in [0.25, 0.3) is 0 Å². The molecule has 1 saturated heterocycles. The molecule has 2 aromatic rings. The summed E-state index contributed by atoms with van der Waals surface area (Å²) in [4.78, 5) is 52.5. The van der Waals surface area contributed by atoms with Crippen molar-refractivity contribution in [2.24, 2.45) is 0 Å².